The molecule has 0 spiro atoms. The van der Waals surface area contributed by atoms with Crippen LogP contribution in [-0.4, -0.2) is 63.3 Å². The monoisotopic (exact) mass is 410 g/mol. The van der Waals surface area contributed by atoms with Crippen LogP contribution in [0.4, 0.5) is 5.69 Å². The fourth-order valence-electron chi connectivity index (χ4n) is 4.27. The molecule has 2 aliphatic heterocycles. The Balaban J connectivity index is 1.31. The number of rotatable bonds is 6. The predicted molar refractivity (Wildman–Crippen MR) is 117 cm³/mol. The maximum Gasteiger partial charge on any atom is 0.278 e. The maximum atomic E-state index is 13.0. The zero-order valence-corrected chi connectivity index (χ0v) is 18.0. The highest BCUT2D eigenvalue weighted by Gasteiger charge is 2.25. The Labute approximate surface area is 179 Å². The average molecular weight is 411 g/mol. The lowest BCUT2D eigenvalue weighted by Crippen LogP contribution is -3.15. The molecule has 0 bridgehead atoms. The average Bonchev–Trinajstić information content (AvgIpc) is 2.78. The number of ether oxygens (including phenoxy) is 2. The van der Waals surface area contributed by atoms with Crippen molar-refractivity contribution in [3.8, 4) is 11.5 Å². The summed E-state index contributed by atoms with van der Waals surface area (Å²) >= 11 is 0. The molecule has 1 fully saturated rings. The van der Waals surface area contributed by atoms with E-state index < -0.39 is 0 Å². The van der Waals surface area contributed by atoms with Crippen LogP contribution in [0.5, 0.6) is 11.5 Å². The first-order valence-corrected chi connectivity index (χ1v) is 10.9. The molecule has 6 nitrogen and oxygen atoms in total. The van der Waals surface area contributed by atoms with Gasteiger partial charge in [0.25, 0.3) is 5.91 Å². The molecule has 0 radical (unpaired) electrons. The molecule has 1 saturated heterocycles. The summed E-state index contributed by atoms with van der Waals surface area (Å²) in [4.78, 5) is 18.7. The predicted octanol–water partition coefficient (Wildman–Crippen LogP) is 1.52. The van der Waals surface area contributed by atoms with E-state index in [0.29, 0.717) is 32.8 Å². The molecule has 1 N–H and O–H groups in total. The van der Waals surface area contributed by atoms with Crippen LogP contribution in [0.15, 0.2) is 42.5 Å². The lowest BCUT2D eigenvalue weighted by molar-refractivity contribution is -0.892. The number of hydrogen-bond donors (Lipinski definition) is 1. The molecule has 6 heteroatoms. The van der Waals surface area contributed by atoms with Crippen LogP contribution in [-0.2, 0) is 11.3 Å². The first-order chi connectivity index (χ1) is 14.6. The van der Waals surface area contributed by atoms with Crippen molar-refractivity contribution in [1.82, 2.24) is 4.90 Å². The molecule has 4 rings (SSSR count). The van der Waals surface area contributed by atoms with Crippen molar-refractivity contribution in [2.24, 2.45) is 0 Å². The molecule has 0 aliphatic carbocycles. The van der Waals surface area contributed by atoms with Crippen molar-refractivity contribution >= 4 is 11.6 Å². The first-order valence-electron chi connectivity index (χ1n) is 10.9. The molecule has 1 amide bonds. The summed E-state index contributed by atoms with van der Waals surface area (Å²) in [5, 5.41) is 0. The van der Waals surface area contributed by atoms with Gasteiger partial charge in [-0.25, -0.2) is 0 Å². The van der Waals surface area contributed by atoms with Crippen molar-refractivity contribution < 1.29 is 19.2 Å². The van der Waals surface area contributed by atoms with Crippen LogP contribution in [0.25, 0.3) is 0 Å². The van der Waals surface area contributed by atoms with Crippen LogP contribution < -0.4 is 19.3 Å². The number of benzene rings is 2. The minimum absolute atomic E-state index is 0.215. The van der Waals surface area contributed by atoms with Crippen LogP contribution in [0.1, 0.15) is 18.1 Å². The molecule has 0 saturated carbocycles. The van der Waals surface area contributed by atoms with E-state index in [1.807, 2.05) is 30.0 Å². The zero-order chi connectivity index (χ0) is 20.9. The number of aryl methyl sites for hydroxylation is 1. The van der Waals surface area contributed by atoms with Gasteiger partial charge >= 0.3 is 0 Å². The van der Waals surface area contributed by atoms with E-state index in [-0.39, 0.29) is 5.91 Å². The smallest absolute Gasteiger partial charge is 0.278 e. The third-order valence-electron chi connectivity index (χ3n) is 6.04. The van der Waals surface area contributed by atoms with E-state index in [1.165, 1.54) is 16.2 Å². The summed E-state index contributed by atoms with van der Waals surface area (Å²) in [6.07, 6.45) is 0. The molecule has 0 atom stereocenters. The molecule has 2 aromatic carbocycles. The normalized spacial score (nSPS) is 16.4. The number of likely N-dealkylation sites (N-methyl/N-ethyl adjacent to an activating group) is 1. The second-order valence-electron chi connectivity index (χ2n) is 8.09. The topological polar surface area (TPSA) is 46.5 Å². The largest absolute Gasteiger partial charge is 0.486 e. The molecular formula is C24H32N3O3+. The van der Waals surface area contributed by atoms with E-state index in [1.54, 1.807) is 0 Å². The number of carbonyl (C=O) groups excluding carboxylic acids is 1. The van der Waals surface area contributed by atoms with Crippen LogP contribution in [0.3, 0.4) is 0 Å². The van der Waals surface area contributed by atoms with Crippen LogP contribution >= 0.6 is 0 Å². The van der Waals surface area contributed by atoms with E-state index in [4.69, 9.17) is 9.47 Å². The SMILES string of the molecule is CCN(Cc1ccc2c(c1)OCCO2)C(=O)C[NH+]1CCN(c2ccccc2C)CC1. The number of fused-ring (bicyclic) bond motifs is 1. The highest BCUT2D eigenvalue weighted by molar-refractivity contribution is 5.77. The Morgan fingerprint density at radius 3 is 2.53 bits per heavy atom. The second kappa shape index (κ2) is 9.39. The van der Waals surface area contributed by atoms with Crippen molar-refractivity contribution in [2.75, 3.05) is 57.4 Å². The fraction of sp³-hybridized carbons (Fsp3) is 0.458. The lowest BCUT2D eigenvalue weighted by atomic mass is 10.1. The molecule has 0 aromatic heterocycles. The Morgan fingerprint density at radius 2 is 1.80 bits per heavy atom. The first kappa shape index (κ1) is 20.5. The number of quaternary nitrogens is 1. The number of hydrogen-bond acceptors (Lipinski definition) is 4. The van der Waals surface area contributed by atoms with Gasteiger partial charge in [0.1, 0.15) is 13.2 Å². The lowest BCUT2D eigenvalue weighted by Gasteiger charge is -2.35. The number of amides is 1. The Kier molecular flexibility index (Phi) is 6.43. The minimum Gasteiger partial charge on any atom is -0.486 e. The molecule has 30 heavy (non-hydrogen) atoms. The molecule has 2 aliphatic rings. The summed E-state index contributed by atoms with van der Waals surface area (Å²) in [6, 6.07) is 14.5. The van der Waals surface area contributed by atoms with Gasteiger partial charge in [-0.3, -0.25) is 4.79 Å². The van der Waals surface area contributed by atoms with Crippen molar-refractivity contribution in [3.05, 3.63) is 53.6 Å². The van der Waals surface area contributed by atoms with Gasteiger partial charge in [-0.2, -0.15) is 0 Å². The van der Waals surface area contributed by atoms with Crippen LogP contribution in [0, 0.1) is 6.92 Å². The van der Waals surface area contributed by atoms with E-state index in [0.717, 1.165) is 43.2 Å². The summed E-state index contributed by atoms with van der Waals surface area (Å²) in [6.45, 7) is 11.2. The molecule has 2 aromatic rings. The zero-order valence-electron chi connectivity index (χ0n) is 18.0. The standard InChI is InChI=1S/C24H31N3O3/c1-3-26(17-20-8-9-22-23(16-20)30-15-14-29-22)24(28)18-25-10-12-27(13-11-25)21-7-5-4-6-19(21)2/h4-9,16H,3,10-15,17-18H2,1-2H3/p+1. The second-order valence-corrected chi connectivity index (χ2v) is 8.09. The summed E-state index contributed by atoms with van der Waals surface area (Å²) in [7, 11) is 0. The summed E-state index contributed by atoms with van der Waals surface area (Å²) < 4.78 is 11.3. The van der Waals surface area contributed by atoms with Gasteiger partial charge in [-0.05, 0) is 43.2 Å². The number of para-hydroxylation sites is 1. The van der Waals surface area contributed by atoms with E-state index in [2.05, 4.69) is 36.1 Å². The number of anilines is 1. The van der Waals surface area contributed by atoms with Crippen molar-refractivity contribution in [1.29, 1.82) is 0 Å². The number of nitrogens with zero attached hydrogens (tertiary/aromatic N) is 2. The quantitative estimate of drug-likeness (QED) is 0.785. The number of piperazine rings is 1. The van der Waals surface area contributed by atoms with Gasteiger partial charge in [0, 0.05) is 18.8 Å². The van der Waals surface area contributed by atoms with Gasteiger partial charge in [0.2, 0.25) is 0 Å². The Morgan fingerprint density at radius 1 is 1.07 bits per heavy atom. The molecule has 0 unspecified atom stereocenters. The van der Waals surface area contributed by atoms with Gasteiger partial charge in [0.15, 0.2) is 18.0 Å². The highest BCUT2D eigenvalue weighted by Crippen LogP contribution is 2.31. The van der Waals surface area contributed by atoms with Crippen molar-refractivity contribution in [3.63, 3.8) is 0 Å². The van der Waals surface area contributed by atoms with Gasteiger partial charge < -0.3 is 24.2 Å². The summed E-state index contributed by atoms with van der Waals surface area (Å²) in [5.74, 6) is 1.78. The van der Waals surface area contributed by atoms with Crippen molar-refractivity contribution in [2.45, 2.75) is 20.4 Å². The maximum absolute atomic E-state index is 13.0. The Hall–Kier alpha value is -2.73. The third kappa shape index (κ3) is 4.70. The fourth-order valence-corrected chi connectivity index (χ4v) is 4.27. The summed E-state index contributed by atoms with van der Waals surface area (Å²) in [5.41, 5.74) is 3.71. The highest BCUT2D eigenvalue weighted by atomic mass is 16.6. The van der Waals surface area contributed by atoms with E-state index >= 15 is 0 Å². The van der Waals surface area contributed by atoms with Gasteiger partial charge in [-0.1, -0.05) is 24.3 Å². The molecule has 160 valence electrons. The minimum atomic E-state index is 0.215. The number of carbonyl (C=O) groups is 1. The van der Waals surface area contributed by atoms with Gasteiger partial charge in [0.05, 0.1) is 26.2 Å². The molecule has 2 heterocycles. The number of nitrogens with one attached hydrogen (secondary N) is 1. The van der Waals surface area contributed by atoms with Gasteiger partial charge in [-0.15, -0.1) is 0 Å². The van der Waals surface area contributed by atoms with Crippen LogP contribution in [0.2, 0.25) is 0 Å². The third-order valence-corrected chi connectivity index (χ3v) is 6.04. The van der Waals surface area contributed by atoms with E-state index in [9.17, 15) is 4.79 Å². The molecular weight excluding hydrogens is 378 g/mol. The Bertz CT molecular complexity index is 878.